The number of carbonyl (C=O) groups is 1. The Kier molecular flexibility index (Phi) is 5.42. The fourth-order valence-electron chi connectivity index (χ4n) is 2.31. The number of rotatable bonds is 7. The second-order valence-corrected chi connectivity index (χ2v) is 4.80. The second kappa shape index (κ2) is 7.50. The predicted octanol–water partition coefficient (Wildman–Crippen LogP) is 3.53. The third-order valence-corrected chi connectivity index (χ3v) is 3.52. The molecule has 2 rings (SSSR count). The van der Waals surface area contributed by atoms with Gasteiger partial charge in [0.2, 0.25) is 0 Å². The molecule has 0 unspecified atom stereocenters. The zero-order valence-corrected chi connectivity index (χ0v) is 13.1. The largest absolute Gasteiger partial charge is 0.496 e. The molecule has 116 valence electrons. The van der Waals surface area contributed by atoms with Gasteiger partial charge in [0.1, 0.15) is 5.75 Å². The molecule has 4 nitrogen and oxygen atoms in total. The van der Waals surface area contributed by atoms with Crippen LogP contribution in [0.25, 0.3) is 0 Å². The Labute approximate surface area is 130 Å². The van der Waals surface area contributed by atoms with E-state index in [9.17, 15) is 4.79 Å². The lowest BCUT2D eigenvalue weighted by molar-refractivity contribution is 0.0982. The highest BCUT2D eigenvalue weighted by Crippen LogP contribution is 2.28. The van der Waals surface area contributed by atoms with Crippen molar-refractivity contribution in [2.75, 3.05) is 21.3 Å². The molecule has 0 amide bonds. The Hall–Kier alpha value is -2.49. The summed E-state index contributed by atoms with van der Waals surface area (Å²) in [6, 6.07) is 12.9. The topological polar surface area (TPSA) is 44.8 Å². The molecule has 2 aromatic rings. The molecule has 0 saturated heterocycles. The zero-order valence-electron chi connectivity index (χ0n) is 13.1. The SMILES string of the molecule is COc1ccccc1CCC(=O)c1ccc(OC)c(OC)c1. The third-order valence-electron chi connectivity index (χ3n) is 3.52. The van der Waals surface area contributed by atoms with Crippen LogP contribution < -0.4 is 14.2 Å². The molecule has 0 saturated carbocycles. The molecule has 0 heterocycles. The molecule has 0 aliphatic carbocycles. The molecular formula is C18H20O4. The number of aryl methyl sites for hydroxylation is 1. The van der Waals surface area contributed by atoms with Gasteiger partial charge in [0.15, 0.2) is 17.3 Å². The van der Waals surface area contributed by atoms with Crippen molar-refractivity contribution >= 4 is 5.78 Å². The zero-order chi connectivity index (χ0) is 15.9. The van der Waals surface area contributed by atoms with E-state index in [1.54, 1.807) is 39.5 Å². The minimum atomic E-state index is 0.0619. The van der Waals surface area contributed by atoms with Crippen LogP contribution in [0.15, 0.2) is 42.5 Å². The highest BCUT2D eigenvalue weighted by atomic mass is 16.5. The molecule has 0 spiro atoms. The Morgan fingerprint density at radius 2 is 1.55 bits per heavy atom. The van der Waals surface area contributed by atoms with Crippen molar-refractivity contribution in [3.63, 3.8) is 0 Å². The van der Waals surface area contributed by atoms with Gasteiger partial charge in [-0.25, -0.2) is 0 Å². The van der Waals surface area contributed by atoms with Crippen molar-refractivity contribution in [3.05, 3.63) is 53.6 Å². The van der Waals surface area contributed by atoms with Gasteiger partial charge in [0.05, 0.1) is 21.3 Å². The minimum Gasteiger partial charge on any atom is -0.496 e. The van der Waals surface area contributed by atoms with Crippen LogP contribution >= 0.6 is 0 Å². The van der Waals surface area contributed by atoms with Crippen molar-refractivity contribution in [1.82, 2.24) is 0 Å². The number of Topliss-reactive ketones (excluding diaryl/α,β-unsaturated/α-hetero) is 1. The van der Waals surface area contributed by atoms with E-state index in [1.807, 2.05) is 24.3 Å². The third kappa shape index (κ3) is 3.58. The molecule has 0 fully saturated rings. The van der Waals surface area contributed by atoms with Crippen molar-refractivity contribution in [2.24, 2.45) is 0 Å². The van der Waals surface area contributed by atoms with Gasteiger partial charge in [-0.15, -0.1) is 0 Å². The van der Waals surface area contributed by atoms with E-state index in [0.29, 0.717) is 29.9 Å². The lowest BCUT2D eigenvalue weighted by Gasteiger charge is -2.10. The molecule has 0 bridgehead atoms. The van der Waals surface area contributed by atoms with E-state index < -0.39 is 0 Å². The van der Waals surface area contributed by atoms with Gasteiger partial charge < -0.3 is 14.2 Å². The van der Waals surface area contributed by atoms with Crippen LogP contribution in [0.1, 0.15) is 22.3 Å². The first-order chi connectivity index (χ1) is 10.7. The molecule has 0 N–H and O–H groups in total. The molecule has 4 heteroatoms. The van der Waals surface area contributed by atoms with Crippen LogP contribution in [0.5, 0.6) is 17.2 Å². The standard InChI is InChI=1S/C18H20O4/c1-20-16-7-5-4-6-13(16)8-10-15(19)14-9-11-17(21-2)18(12-14)22-3/h4-7,9,11-12H,8,10H2,1-3H3. The number of benzene rings is 2. The number of hydrogen-bond acceptors (Lipinski definition) is 4. The lowest BCUT2D eigenvalue weighted by atomic mass is 10.0. The summed E-state index contributed by atoms with van der Waals surface area (Å²) >= 11 is 0. The van der Waals surface area contributed by atoms with Gasteiger partial charge in [0.25, 0.3) is 0 Å². The van der Waals surface area contributed by atoms with Gasteiger partial charge in [-0.1, -0.05) is 18.2 Å². The molecule has 22 heavy (non-hydrogen) atoms. The monoisotopic (exact) mass is 300 g/mol. The number of carbonyl (C=O) groups excluding carboxylic acids is 1. The Morgan fingerprint density at radius 3 is 2.23 bits per heavy atom. The maximum atomic E-state index is 12.3. The number of para-hydroxylation sites is 1. The van der Waals surface area contributed by atoms with Crippen LogP contribution in [0.3, 0.4) is 0 Å². The number of ether oxygens (including phenoxy) is 3. The van der Waals surface area contributed by atoms with Gasteiger partial charge in [-0.05, 0) is 36.2 Å². The van der Waals surface area contributed by atoms with E-state index in [0.717, 1.165) is 11.3 Å². The number of methoxy groups -OCH3 is 3. The molecule has 0 atom stereocenters. The predicted molar refractivity (Wildman–Crippen MR) is 85.2 cm³/mol. The van der Waals surface area contributed by atoms with Crippen LogP contribution in [0.2, 0.25) is 0 Å². The maximum absolute atomic E-state index is 12.3. The summed E-state index contributed by atoms with van der Waals surface area (Å²) in [5, 5.41) is 0. The second-order valence-electron chi connectivity index (χ2n) is 4.80. The smallest absolute Gasteiger partial charge is 0.163 e. The van der Waals surface area contributed by atoms with Gasteiger partial charge >= 0.3 is 0 Å². The first kappa shape index (κ1) is 15.9. The summed E-state index contributed by atoms with van der Waals surface area (Å²) in [7, 11) is 4.76. The van der Waals surface area contributed by atoms with Crippen LogP contribution in [-0.4, -0.2) is 27.1 Å². The quantitative estimate of drug-likeness (QED) is 0.734. The van der Waals surface area contributed by atoms with E-state index in [1.165, 1.54) is 0 Å². The van der Waals surface area contributed by atoms with Crippen molar-refractivity contribution in [1.29, 1.82) is 0 Å². The normalized spacial score (nSPS) is 10.1. The highest BCUT2D eigenvalue weighted by molar-refractivity contribution is 5.96. The van der Waals surface area contributed by atoms with Crippen molar-refractivity contribution < 1.29 is 19.0 Å². The van der Waals surface area contributed by atoms with Crippen LogP contribution in [0.4, 0.5) is 0 Å². The van der Waals surface area contributed by atoms with E-state index >= 15 is 0 Å². The summed E-state index contributed by atoms with van der Waals surface area (Å²) in [5.74, 6) is 2.05. The number of ketones is 1. The number of hydrogen-bond donors (Lipinski definition) is 0. The summed E-state index contributed by atoms with van der Waals surface area (Å²) in [6.45, 7) is 0. The first-order valence-electron chi connectivity index (χ1n) is 7.06. The van der Waals surface area contributed by atoms with Gasteiger partial charge in [0, 0.05) is 12.0 Å². The summed E-state index contributed by atoms with van der Waals surface area (Å²) < 4.78 is 15.7. The average Bonchev–Trinajstić information content (AvgIpc) is 2.59. The summed E-state index contributed by atoms with van der Waals surface area (Å²) in [6.07, 6.45) is 1.05. The minimum absolute atomic E-state index is 0.0619. The average molecular weight is 300 g/mol. The molecule has 2 aromatic carbocycles. The molecule has 0 aromatic heterocycles. The first-order valence-corrected chi connectivity index (χ1v) is 7.06. The van der Waals surface area contributed by atoms with E-state index in [4.69, 9.17) is 14.2 Å². The molecule has 0 aliphatic heterocycles. The van der Waals surface area contributed by atoms with E-state index in [2.05, 4.69) is 0 Å². The molecule has 0 aliphatic rings. The van der Waals surface area contributed by atoms with Gasteiger partial charge in [-0.3, -0.25) is 4.79 Å². The summed E-state index contributed by atoms with van der Waals surface area (Å²) in [5.41, 5.74) is 1.64. The fourth-order valence-corrected chi connectivity index (χ4v) is 2.31. The Morgan fingerprint density at radius 1 is 0.864 bits per heavy atom. The van der Waals surface area contributed by atoms with Crippen molar-refractivity contribution in [3.8, 4) is 17.2 Å². The Bertz CT molecular complexity index is 649. The maximum Gasteiger partial charge on any atom is 0.163 e. The highest BCUT2D eigenvalue weighted by Gasteiger charge is 2.12. The van der Waals surface area contributed by atoms with Crippen LogP contribution in [-0.2, 0) is 6.42 Å². The summed E-state index contributed by atoms with van der Waals surface area (Å²) in [4.78, 5) is 12.3. The van der Waals surface area contributed by atoms with Crippen molar-refractivity contribution in [2.45, 2.75) is 12.8 Å². The molecule has 0 radical (unpaired) electrons. The lowest BCUT2D eigenvalue weighted by Crippen LogP contribution is -2.03. The Balaban J connectivity index is 2.09. The van der Waals surface area contributed by atoms with Gasteiger partial charge in [-0.2, -0.15) is 0 Å². The molecular weight excluding hydrogens is 280 g/mol. The fraction of sp³-hybridized carbons (Fsp3) is 0.278. The van der Waals surface area contributed by atoms with Crippen LogP contribution in [0, 0.1) is 0 Å². The van der Waals surface area contributed by atoms with E-state index in [-0.39, 0.29) is 5.78 Å².